The third-order valence-electron chi connectivity index (χ3n) is 6.74. The van der Waals surface area contributed by atoms with Crippen molar-refractivity contribution in [3.63, 3.8) is 0 Å². The Bertz CT molecular complexity index is 1260. The van der Waals surface area contributed by atoms with Crippen LogP contribution in [0.1, 0.15) is 64.3 Å². The lowest BCUT2D eigenvalue weighted by atomic mass is 10.0. The van der Waals surface area contributed by atoms with Crippen LogP contribution in [0.25, 0.3) is 17.1 Å². The molecule has 5 bridgehead atoms. The second kappa shape index (κ2) is 11.7. The number of hydrogen-bond acceptors (Lipinski definition) is 8. The van der Waals surface area contributed by atoms with Crippen LogP contribution in [0.15, 0.2) is 42.7 Å². The van der Waals surface area contributed by atoms with E-state index < -0.39 is 30.2 Å². The molecular weight excluding hydrogens is 484 g/mol. The molecule has 2 aliphatic rings. The summed E-state index contributed by atoms with van der Waals surface area (Å²) < 4.78 is 5.71. The number of ether oxygens (including phenoxy) is 1. The Morgan fingerprint density at radius 3 is 2.68 bits per heavy atom. The van der Waals surface area contributed by atoms with Crippen LogP contribution in [-0.2, 0) is 19.1 Å². The van der Waals surface area contributed by atoms with Gasteiger partial charge in [-0.3, -0.25) is 24.4 Å². The van der Waals surface area contributed by atoms with E-state index in [2.05, 4.69) is 32.6 Å². The fraction of sp³-hybridized carbons (Fsp3) is 0.464. The zero-order valence-electron chi connectivity index (χ0n) is 22.4. The van der Waals surface area contributed by atoms with Crippen molar-refractivity contribution in [1.29, 1.82) is 0 Å². The average molecular weight is 521 g/mol. The second-order valence-corrected chi connectivity index (χ2v) is 10.2. The summed E-state index contributed by atoms with van der Waals surface area (Å²) >= 11 is 0. The fourth-order valence-electron chi connectivity index (χ4n) is 4.52. The molecule has 1 fully saturated rings. The molecule has 1 aromatic carbocycles. The van der Waals surface area contributed by atoms with Gasteiger partial charge in [0, 0.05) is 18.7 Å². The van der Waals surface area contributed by atoms with E-state index in [1.807, 2.05) is 44.2 Å². The standard InChI is InChI=1S/C28H36N6O4/c1-16(2)25-26(35)31-18(4)27(36)34-13-7-10-22(33-34)28(37)38-19(5)24-15-29-21-12-11-20(14-23(21)32-24)9-6-8-17(3)30-25/h6,9,11-12,14-16,18-19,22,25,30,33H,3,7-8,10,13H2,1-2,4-5H3,(H,31,35)/b9-6+/t18-,19+,22-,25-/m0/s1. The predicted molar refractivity (Wildman–Crippen MR) is 144 cm³/mol. The highest BCUT2D eigenvalue weighted by molar-refractivity contribution is 5.90. The maximum absolute atomic E-state index is 13.1. The molecule has 0 radical (unpaired) electrons. The van der Waals surface area contributed by atoms with Crippen LogP contribution in [-0.4, -0.2) is 57.4 Å². The van der Waals surface area contributed by atoms with Crippen molar-refractivity contribution in [2.45, 2.75) is 71.2 Å². The lowest BCUT2D eigenvalue weighted by Gasteiger charge is -2.35. The van der Waals surface area contributed by atoms with Gasteiger partial charge in [-0.1, -0.05) is 38.6 Å². The maximum atomic E-state index is 13.1. The summed E-state index contributed by atoms with van der Waals surface area (Å²) in [7, 11) is 0. The van der Waals surface area contributed by atoms with E-state index in [0.29, 0.717) is 42.7 Å². The Labute approximate surface area is 222 Å². The Hall–Kier alpha value is -3.79. The van der Waals surface area contributed by atoms with E-state index in [9.17, 15) is 14.4 Å². The molecule has 10 nitrogen and oxygen atoms in total. The summed E-state index contributed by atoms with van der Waals surface area (Å²) in [4.78, 5) is 48.4. The first-order chi connectivity index (χ1) is 18.1. The van der Waals surface area contributed by atoms with E-state index in [1.165, 1.54) is 5.01 Å². The molecule has 38 heavy (non-hydrogen) atoms. The van der Waals surface area contributed by atoms with Crippen LogP contribution in [0, 0.1) is 5.92 Å². The lowest BCUT2D eigenvalue weighted by Crippen LogP contribution is -2.60. The third-order valence-corrected chi connectivity index (χ3v) is 6.74. The number of fused-ring (bicyclic) bond motifs is 4. The van der Waals surface area contributed by atoms with E-state index in [4.69, 9.17) is 4.74 Å². The number of hydrazine groups is 1. The predicted octanol–water partition coefficient (Wildman–Crippen LogP) is 2.78. The zero-order valence-corrected chi connectivity index (χ0v) is 22.4. The number of nitrogens with one attached hydrogen (secondary N) is 3. The van der Waals surface area contributed by atoms with Crippen LogP contribution in [0.5, 0.6) is 0 Å². The first kappa shape index (κ1) is 27.3. The van der Waals surface area contributed by atoms with Gasteiger partial charge in [0.1, 0.15) is 24.2 Å². The molecule has 10 heteroatoms. The number of nitrogens with zero attached hydrogens (tertiary/aromatic N) is 3. The Balaban J connectivity index is 1.64. The largest absolute Gasteiger partial charge is 0.455 e. The molecule has 0 spiro atoms. The molecular formula is C28H36N6O4. The molecule has 2 amide bonds. The van der Waals surface area contributed by atoms with Crippen molar-refractivity contribution in [3.8, 4) is 0 Å². The molecule has 3 N–H and O–H groups in total. The van der Waals surface area contributed by atoms with E-state index in [-0.39, 0.29) is 17.7 Å². The Kier molecular flexibility index (Phi) is 8.41. The molecule has 3 heterocycles. The van der Waals surface area contributed by atoms with Crippen molar-refractivity contribution in [2.24, 2.45) is 5.92 Å². The summed E-state index contributed by atoms with van der Waals surface area (Å²) in [6.07, 6.45) is 6.56. The van der Waals surface area contributed by atoms with Gasteiger partial charge in [0.05, 0.1) is 22.9 Å². The lowest BCUT2D eigenvalue weighted by molar-refractivity contribution is -0.157. The first-order valence-corrected chi connectivity index (χ1v) is 13.1. The van der Waals surface area contributed by atoms with Gasteiger partial charge in [-0.15, -0.1) is 0 Å². The Morgan fingerprint density at radius 2 is 1.92 bits per heavy atom. The van der Waals surface area contributed by atoms with Crippen molar-refractivity contribution in [3.05, 3.63) is 54.0 Å². The van der Waals surface area contributed by atoms with Gasteiger partial charge in [-0.25, -0.2) is 10.4 Å². The second-order valence-electron chi connectivity index (χ2n) is 10.2. The smallest absolute Gasteiger partial charge is 0.325 e. The van der Waals surface area contributed by atoms with Crippen molar-refractivity contribution < 1.29 is 19.1 Å². The number of aromatic nitrogens is 2. The molecule has 1 aromatic heterocycles. The van der Waals surface area contributed by atoms with Crippen LogP contribution >= 0.6 is 0 Å². The number of benzene rings is 1. The van der Waals surface area contributed by atoms with Crippen molar-refractivity contribution >= 4 is 34.9 Å². The number of rotatable bonds is 1. The van der Waals surface area contributed by atoms with Gasteiger partial charge in [-0.2, -0.15) is 0 Å². The number of cyclic esters (lactones) is 1. The summed E-state index contributed by atoms with van der Waals surface area (Å²) in [5.74, 6) is -1.13. The number of carbonyl (C=O) groups excluding carboxylic acids is 3. The van der Waals surface area contributed by atoms with E-state index >= 15 is 0 Å². The van der Waals surface area contributed by atoms with Gasteiger partial charge in [0.15, 0.2) is 0 Å². The van der Waals surface area contributed by atoms with E-state index in [0.717, 1.165) is 11.1 Å². The summed E-state index contributed by atoms with van der Waals surface area (Å²) in [5.41, 5.74) is 6.57. The van der Waals surface area contributed by atoms with Crippen LogP contribution < -0.4 is 16.1 Å². The highest BCUT2D eigenvalue weighted by atomic mass is 16.5. The summed E-state index contributed by atoms with van der Waals surface area (Å²) in [6, 6.07) is 3.73. The summed E-state index contributed by atoms with van der Waals surface area (Å²) in [5, 5.41) is 7.43. The third kappa shape index (κ3) is 6.36. The van der Waals surface area contributed by atoms with Gasteiger partial charge >= 0.3 is 5.97 Å². The molecule has 2 aliphatic heterocycles. The van der Waals surface area contributed by atoms with E-state index in [1.54, 1.807) is 20.0 Å². The molecule has 0 aliphatic carbocycles. The zero-order chi connectivity index (χ0) is 27.4. The number of allylic oxidation sites excluding steroid dienone is 1. The molecule has 0 saturated carbocycles. The molecule has 4 atom stereocenters. The van der Waals surface area contributed by atoms with Gasteiger partial charge in [-0.05, 0) is 50.3 Å². The van der Waals surface area contributed by atoms with Gasteiger partial charge in [0.2, 0.25) is 5.91 Å². The summed E-state index contributed by atoms with van der Waals surface area (Å²) in [6.45, 7) is 11.8. The highest BCUT2D eigenvalue weighted by Crippen LogP contribution is 2.21. The topological polar surface area (TPSA) is 126 Å². The maximum Gasteiger partial charge on any atom is 0.325 e. The normalized spacial score (nSPS) is 26.6. The minimum Gasteiger partial charge on any atom is -0.455 e. The average Bonchev–Trinajstić information content (AvgIpc) is 2.90. The number of esters is 1. The minimum atomic E-state index is -0.790. The highest BCUT2D eigenvalue weighted by Gasteiger charge is 2.33. The number of hydrogen-bond donors (Lipinski definition) is 3. The Morgan fingerprint density at radius 1 is 1.13 bits per heavy atom. The number of carbonyl (C=O) groups is 3. The molecule has 0 unspecified atom stereocenters. The van der Waals surface area contributed by atoms with Crippen LogP contribution in [0.2, 0.25) is 0 Å². The molecule has 4 rings (SSSR count). The SMILES string of the molecule is C=C1C/C=C/c2ccc3ncc(nc3c2)[C@@H](C)OC(=O)[C@@H]2CCCN(N2)C(=O)[C@H](C)NC(=O)[C@H](C(C)C)N1. The van der Waals surface area contributed by atoms with Crippen LogP contribution in [0.4, 0.5) is 0 Å². The molecule has 2 aromatic rings. The quantitative estimate of drug-likeness (QED) is 0.490. The van der Waals surface area contributed by atoms with Crippen molar-refractivity contribution in [1.82, 2.24) is 31.0 Å². The molecule has 202 valence electrons. The molecule has 1 saturated heterocycles. The first-order valence-electron chi connectivity index (χ1n) is 13.1. The fourth-order valence-corrected chi connectivity index (χ4v) is 4.52. The minimum absolute atomic E-state index is 0.0397. The van der Waals surface area contributed by atoms with Gasteiger partial charge < -0.3 is 15.4 Å². The van der Waals surface area contributed by atoms with Crippen LogP contribution in [0.3, 0.4) is 0 Å². The van der Waals surface area contributed by atoms with Crippen molar-refractivity contribution in [2.75, 3.05) is 6.54 Å². The monoisotopic (exact) mass is 520 g/mol. The number of amides is 2. The van der Waals surface area contributed by atoms with Gasteiger partial charge in [0.25, 0.3) is 5.91 Å².